The Morgan fingerprint density at radius 3 is 2.78 bits per heavy atom. The summed E-state index contributed by atoms with van der Waals surface area (Å²) in [6.07, 6.45) is 3.33. The molecule has 1 amide bonds. The number of anilines is 1. The third-order valence-corrected chi connectivity index (χ3v) is 3.65. The Labute approximate surface area is 135 Å². The highest BCUT2D eigenvalue weighted by atomic mass is 35.5. The van der Waals surface area contributed by atoms with Crippen LogP contribution in [-0.4, -0.2) is 15.8 Å². The molecule has 114 valence electrons. The maximum atomic E-state index is 12.4. The molecule has 0 atom stereocenters. The molecule has 0 radical (unpaired) electrons. The number of nitrogens with one attached hydrogen (secondary N) is 1. The molecule has 1 N–H and O–H groups in total. The molecule has 0 spiro atoms. The molecule has 0 aliphatic carbocycles. The largest absolute Gasteiger partial charge is 0.321 e. The molecule has 0 fully saturated rings. The Morgan fingerprint density at radius 2 is 2.04 bits per heavy atom. The molecule has 1 heterocycles. The van der Waals surface area contributed by atoms with E-state index in [1.165, 1.54) is 12.1 Å². The number of hydrogen-bond donors (Lipinski definition) is 1. The summed E-state index contributed by atoms with van der Waals surface area (Å²) in [5, 5.41) is 15.2. The molecular weight excluding hydrogens is 318 g/mol. The van der Waals surface area contributed by atoms with Gasteiger partial charge < -0.3 is 5.32 Å². The number of non-ortho nitro benzene ring substituents is 1. The zero-order chi connectivity index (χ0) is 16.4. The third-order valence-electron chi connectivity index (χ3n) is 3.34. The molecule has 0 aliphatic rings. The number of aromatic nitrogens is 1. The Hall–Kier alpha value is -2.99. The molecule has 0 bridgehead atoms. The number of hydrogen-bond acceptors (Lipinski definition) is 4. The summed E-state index contributed by atoms with van der Waals surface area (Å²) in [7, 11) is 0. The molecule has 0 saturated carbocycles. The number of nitro benzene ring substituents is 1. The van der Waals surface area contributed by atoms with E-state index in [1.807, 2.05) is 6.07 Å². The Morgan fingerprint density at radius 1 is 1.22 bits per heavy atom. The van der Waals surface area contributed by atoms with Crippen LogP contribution in [0, 0.1) is 10.1 Å². The smallest absolute Gasteiger partial charge is 0.270 e. The van der Waals surface area contributed by atoms with Crippen LogP contribution in [0.4, 0.5) is 11.4 Å². The van der Waals surface area contributed by atoms with Crippen LogP contribution in [0.1, 0.15) is 10.4 Å². The number of rotatable bonds is 3. The number of nitro groups is 1. The van der Waals surface area contributed by atoms with Gasteiger partial charge in [0.25, 0.3) is 11.6 Å². The van der Waals surface area contributed by atoms with Crippen molar-refractivity contribution in [2.24, 2.45) is 0 Å². The fraction of sp³-hybridized carbons (Fsp3) is 0. The van der Waals surface area contributed by atoms with Crippen molar-refractivity contribution in [3.63, 3.8) is 0 Å². The Kier molecular flexibility index (Phi) is 3.91. The van der Waals surface area contributed by atoms with Gasteiger partial charge in [-0.3, -0.25) is 19.9 Å². The number of carbonyl (C=O) groups excluding carboxylic acids is 1. The van der Waals surface area contributed by atoms with Crippen molar-refractivity contribution in [3.05, 3.63) is 75.6 Å². The van der Waals surface area contributed by atoms with Gasteiger partial charge in [0, 0.05) is 41.0 Å². The second-order valence-electron chi connectivity index (χ2n) is 4.78. The number of benzene rings is 2. The number of pyridine rings is 1. The van der Waals surface area contributed by atoms with Crippen LogP contribution >= 0.6 is 11.6 Å². The van der Waals surface area contributed by atoms with Gasteiger partial charge >= 0.3 is 0 Å². The zero-order valence-corrected chi connectivity index (χ0v) is 12.4. The second-order valence-corrected chi connectivity index (χ2v) is 5.18. The van der Waals surface area contributed by atoms with E-state index in [-0.39, 0.29) is 16.3 Å². The highest BCUT2D eigenvalue weighted by Crippen LogP contribution is 2.26. The average Bonchev–Trinajstić information content (AvgIpc) is 2.55. The fourth-order valence-corrected chi connectivity index (χ4v) is 2.48. The number of carbonyl (C=O) groups is 1. The summed E-state index contributed by atoms with van der Waals surface area (Å²) in [5.74, 6) is -0.436. The van der Waals surface area contributed by atoms with Crippen LogP contribution in [0.25, 0.3) is 10.8 Å². The molecule has 0 saturated heterocycles. The van der Waals surface area contributed by atoms with Crippen LogP contribution in [-0.2, 0) is 0 Å². The summed E-state index contributed by atoms with van der Waals surface area (Å²) in [5.41, 5.74) is 0.621. The van der Waals surface area contributed by atoms with Crippen molar-refractivity contribution in [2.75, 3.05) is 5.32 Å². The van der Waals surface area contributed by atoms with Crippen molar-refractivity contribution in [3.8, 4) is 0 Å². The van der Waals surface area contributed by atoms with Crippen molar-refractivity contribution in [2.45, 2.75) is 0 Å². The maximum absolute atomic E-state index is 12.4. The summed E-state index contributed by atoms with van der Waals surface area (Å²) in [6, 6.07) is 11.0. The van der Waals surface area contributed by atoms with Gasteiger partial charge in [0.1, 0.15) is 0 Å². The first-order chi connectivity index (χ1) is 11.1. The van der Waals surface area contributed by atoms with Crippen LogP contribution in [0.5, 0.6) is 0 Å². The molecule has 2 aromatic carbocycles. The van der Waals surface area contributed by atoms with E-state index in [4.69, 9.17) is 11.6 Å². The summed E-state index contributed by atoms with van der Waals surface area (Å²) in [4.78, 5) is 26.6. The first-order valence-corrected chi connectivity index (χ1v) is 7.02. The maximum Gasteiger partial charge on any atom is 0.270 e. The Bertz CT molecular complexity index is 922. The van der Waals surface area contributed by atoms with Crippen molar-refractivity contribution in [1.82, 2.24) is 4.98 Å². The lowest BCUT2D eigenvalue weighted by atomic mass is 10.1. The van der Waals surface area contributed by atoms with Crippen LogP contribution in [0.15, 0.2) is 54.9 Å². The second kappa shape index (κ2) is 6.02. The van der Waals surface area contributed by atoms with Crippen molar-refractivity contribution < 1.29 is 9.72 Å². The fourth-order valence-electron chi connectivity index (χ4n) is 2.22. The number of fused-ring (bicyclic) bond motifs is 1. The molecule has 3 rings (SSSR count). The first-order valence-electron chi connectivity index (χ1n) is 6.64. The van der Waals surface area contributed by atoms with Gasteiger partial charge in [-0.05, 0) is 18.2 Å². The highest BCUT2D eigenvalue weighted by Gasteiger charge is 2.15. The van der Waals surface area contributed by atoms with Crippen molar-refractivity contribution in [1.29, 1.82) is 0 Å². The SMILES string of the molecule is O=C(Nc1cccc2cnccc12)c1ccc([N+](=O)[O-])cc1Cl. The van der Waals surface area contributed by atoms with E-state index >= 15 is 0 Å². The molecule has 6 nitrogen and oxygen atoms in total. The quantitative estimate of drug-likeness (QED) is 0.581. The molecule has 0 unspecified atom stereocenters. The summed E-state index contributed by atoms with van der Waals surface area (Å²) >= 11 is 5.98. The van der Waals surface area contributed by atoms with Crippen LogP contribution in [0.3, 0.4) is 0 Å². The van der Waals surface area contributed by atoms with Gasteiger partial charge in [-0.25, -0.2) is 0 Å². The molecule has 7 heteroatoms. The summed E-state index contributed by atoms with van der Waals surface area (Å²) < 4.78 is 0. The van der Waals surface area contributed by atoms with E-state index < -0.39 is 10.8 Å². The van der Waals surface area contributed by atoms with E-state index in [0.29, 0.717) is 5.69 Å². The van der Waals surface area contributed by atoms with Gasteiger partial charge in [-0.2, -0.15) is 0 Å². The lowest BCUT2D eigenvalue weighted by Gasteiger charge is -2.09. The van der Waals surface area contributed by atoms with Crippen LogP contribution in [0.2, 0.25) is 5.02 Å². The predicted octanol–water partition coefficient (Wildman–Crippen LogP) is 4.05. The molecule has 23 heavy (non-hydrogen) atoms. The lowest BCUT2D eigenvalue weighted by Crippen LogP contribution is -2.12. The number of amides is 1. The number of nitrogens with zero attached hydrogens (tertiary/aromatic N) is 2. The topological polar surface area (TPSA) is 85.1 Å². The Balaban J connectivity index is 1.94. The standard InChI is InChI=1S/C16H10ClN3O3/c17-14-8-11(20(22)23)4-5-13(14)16(21)19-15-3-1-2-10-9-18-7-6-12(10)15/h1-9H,(H,19,21). The van der Waals surface area contributed by atoms with Gasteiger partial charge in [-0.1, -0.05) is 23.7 Å². The number of halogens is 1. The minimum Gasteiger partial charge on any atom is -0.321 e. The minimum atomic E-state index is -0.564. The summed E-state index contributed by atoms with van der Waals surface area (Å²) in [6.45, 7) is 0. The molecule has 3 aromatic rings. The average molecular weight is 328 g/mol. The van der Waals surface area contributed by atoms with E-state index in [9.17, 15) is 14.9 Å². The van der Waals surface area contributed by atoms with Gasteiger partial charge in [0.2, 0.25) is 0 Å². The van der Waals surface area contributed by atoms with Crippen LogP contribution < -0.4 is 5.32 Å². The first kappa shape index (κ1) is 14.9. The molecular formula is C16H10ClN3O3. The highest BCUT2D eigenvalue weighted by molar-refractivity contribution is 6.34. The zero-order valence-electron chi connectivity index (χ0n) is 11.7. The van der Waals surface area contributed by atoms with Gasteiger partial charge in [0.15, 0.2) is 0 Å². The van der Waals surface area contributed by atoms with Gasteiger partial charge in [-0.15, -0.1) is 0 Å². The molecule has 1 aromatic heterocycles. The van der Waals surface area contributed by atoms with Crippen molar-refractivity contribution >= 4 is 39.7 Å². The lowest BCUT2D eigenvalue weighted by molar-refractivity contribution is -0.384. The monoisotopic (exact) mass is 327 g/mol. The predicted molar refractivity (Wildman–Crippen MR) is 87.8 cm³/mol. The molecule has 0 aliphatic heterocycles. The van der Waals surface area contributed by atoms with E-state index in [2.05, 4.69) is 10.3 Å². The normalized spacial score (nSPS) is 10.5. The van der Waals surface area contributed by atoms with E-state index in [1.54, 1.807) is 30.6 Å². The van der Waals surface area contributed by atoms with Gasteiger partial charge in [0.05, 0.1) is 15.5 Å². The van der Waals surface area contributed by atoms with E-state index in [0.717, 1.165) is 16.8 Å². The third kappa shape index (κ3) is 2.97. The minimum absolute atomic E-state index is 0.0265.